The van der Waals surface area contributed by atoms with Crippen LogP contribution in [0.4, 0.5) is 0 Å². The maximum atomic E-state index is 13.5. The summed E-state index contributed by atoms with van der Waals surface area (Å²) < 4.78 is 39.4. The molecule has 178 valence electrons. The molecule has 1 saturated heterocycles. The number of aromatic amines is 1. The standard InChI is InChI=1S/C23H26N6O4S/c24-12-14-32-17-10-8-16(9-11-17)15-21-27-22(28-33-21)20-7-3-4-13-29(20)34(30,31)23-25-18-5-1-2-6-19(18)26-23/h1-2,5-6,8-11,20H,3-4,7,12-15,24H2,(H,25,26). The van der Waals surface area contributed by atoms with Crippen molar-refractivity contribution >= 4 is 21.1 Å². The fourth-order valence-electron chi connectivity index (χ4n) is 4.14. The zero-order valence-electron chi connectivity index (χ0n) is 18.6. The van der Waals surface area contributed by atoms with E-state index >= 15 is 0 Å². The van der Waals surface area contributed by atoms with Crippen LogP contribution in [-0.4, -0.2) is 52.5 Å². The zero-order valence-corrected chi connectivity index (χ0v) is 19.4. The molecule has 34 heavy (non-hydrogen) atoms. The Kier molecular flexibility index (Phi) is 6.31. The van der Waals surface area contributed by atoms with Crippen molar-refractivity contribution in [3.63, 3.8) is 0 Å². The van der Waals surface area contributed by atoms with Gasteiger partial charge in [0.15, 0.2) is 5.82 Å². The van der Waals surface area contributed by atoms with E-state index in [1.807, 2.05) is 36.4 Å². The minimum absolute atomic E-state index is 0.0683. The number of sulfonamides is 1. The summed E-state index contributed by atoms with van der Waals surface area (Å²) >= 11 is 0. The summed E-state index contributed by atoms with van der Waals surface area (Å²) in [6.07, 6.45) is 2.70. The molecule has 11 heteroatoms. The van der Waals surface area contributed by atoms with Gasteiger partial charge in [0.05, 0.1) is 23.5 Å². The molecule has 3 N–H and O–H groups in total. The number of hydrogen-bond donors (Lipinski definition) is 2. The topological polar surface area (TPSA) is 140 Å². The first kappa shape index (κ1) is 22.5. The molecule has 3 heterocycles. The number of nitrogens with one attached hydrogen (secondary N) is 1. The molecule has 1 aliphatic rings. The summed E-state index contributed by atoms with van der Waals surface area (Å²) in [5.41, 5.74) is 7.72. The number of piperidine rings is 1. The Bertz CT molecular complexity index is 1330. The number of fused-ring (bicyclic) bond motifs is 1. The van der Waals surface area contributed by atoms with Gasteiger partial charge in [-0.05, 0) is 42.7 Å². The van der Waals surface area contributed by atoms with Gasteiger partial charge >= 0.3 is 0 Å². The number of para-hydroxylation sites is 2. The largest absolute Gasteiger partial charge is 0.492 e. The molecule has 2 aromatic heterocycles. The van der Waals surface area contributed by atoms with E-state index < -0.39 is 16.1 Å². The van der Waals surface area contributed by atoms with Gasteiger partial charge in [-0.25, -0.2) is 13.4 Å². The normalized spacial score (nSPS) is 17.3. The third-order valence-corrected chi connectivity index (χ3v) is 7.56. The highest BCUT2D eigenvalue weighted by molar-refractivity contribution is 7.89. The van der Waals surface area contributed by atoms with Crippen LogP contribution in [0.2, 0.25) is 0 Å². The smallest absolute Gasteiger partial charge is 0.277 e. The van der Waals surface area contributed by atoms with Crippen molar-refractivity contribution in [1.82, 2.24) is 24.4 Å². The van der Waals surface area contributed by atoms with E-state index in [9.17, 15) is 8.42 Å². The second kappa shape index (κ2) is 9.53. The molecule has 1 atom stereocenters. The molecule has 0 saturated carbocycles. The monoisotopic (exact) mass is 482 g/mol. The van der Waals surface area contributed by atoms with Gasteiger partial charge in [-0.1, -0.05) is 35.8 Å². The van der Waals surface area contributed by atoms with E-state index in [-0.39, 0.29) is 5.16 Å². The number of rotatable bonds is 8. The molecule has 0 amide bonds. The minimum atomic E-state index is -3.86. The van der Waals surface area contributed by atoms with E-state index in [0.717, 1.165) is 24.2 Å². The van der Waals surface area contributed by atoms with Gasteiger partial charge in [0.1, 0.15) is 12.4 Å². The summed E-state index contributed by atoms with van der Waals surface area (Å²) in [5.74, 6) is 1.55. The molecule has 10 nitrogen and oxygen atoms in total. The highest BCUT2D eigenvalue weighted by Crippen LogP contribution is 2.34. The summed E-state index contributed by atoms with van der Waals surface area (Å²) in [4.78, 5) is 11.8. The minimum Gasteiger partial charge on any atom is -0.492 e. The first-order chi connectivity index (χ1) is 16.5. The van der Waals surface area contributed by atoms with E-state index in [4.69, 9.17) is 15.0 Å². The van der Waals surface area contributed by atoms with Gasteiger partial charge in [-0.3, -0.25) is 0 Å². The molecule has 0 radical (unpaired) electrons. The first-order valence-electron chi connectivity index (χ1n) is 11.3. The Balaban J connectivity index is 1.35. The van der Waals surface area contributed by atoms with Crippen LogP contribution in [-0.2, 0) is 16.4 Å². The SMILES string of the molecule is NCCOc1ccc(Cc2nc(C3CCCCN3S(=O)(=O)c3nc4ccccc4[nH]3)no2)cc1. The van der Waals surface area contributed by atoms with Gasteiger partial charge in [-0.15, -0.1) is 0 Å². The van der Waals surface area contributed by atoms with Gasteiger partial charge in [0.2, 0.25) is 11.0 Å². The van der Waals surface area contributed by atoms with Gasteiger partial charge < -0.3 is 20.0 Å². The van der Waals surface area contributed by atoms with E-state index in [2.05, 4.69) is 20.1 Å². The number of nitrogens with two attached hydrogens (primary N) is 1. The third-order valence-electron chi connectivity index (χ3n) is 5.82. The first-order valence-corrected chi connectivity index (χ1v) is 12.7. The maximum Gasteiger partial charge on any atom is 0.277 e. The van der Waals surface area contributed by atoms with Crippen LogP contribution in [0.5, 0.6) is 5.75 Å². The van der Waals surface area contributed by atoms with E-state index in [1.165, 1.54) is 4.31 Å². The van der Waals surface area contributed by atoms with Crippen LogP contribution in [0.15, 0.2) is 58.2 Å². The van der Waals surface area contributed by atoms with Crippen molar-refractivity contribution in [3.05, 3.63) is 65.8 Å². The Morgan fingerprint density at radius 3 is 2.74 bits per heavy atom. The maximum absolute atomic E-state index is 13.5. The van der Waals surface area contributed by atoms with Crippen molar-refractivity contribution in [3.8, 4) is 5.75 Å². The predicted molar refractivity (Wildman–Crippen MR) is 125 cm³/mol. The van der Waals surface area contributed by atoms with E-state index in [1.54, 1.807) is 12.1 Å². The highest BCUT2D eigenvalue weighted by Gasteiger charge is 2.38. The summed E-state index contributed by atoms with van der Waals surface area (Å²) in [6.45, 7) is 1.29. The summed E-state index contributed by atoms with van der Waals surface area (Å²) in [5, 5.41) is 4.06. The summed E-state index contributed by atoms with van der Waals surface area (Å²) in [6, 6.07) is 14.3. The van der Waals surface area contributed by atoms with Gasteiger partial charge in [0.25, 0.3) is 10.0 Å². The quantitative estimate of drug-likeness (QED) is 0.391. The highest BCUT2D eigenvalue weighted by atomic mass is 32.2. The molecular formula is C23H26N6O4S. The molecule has 4 aromatic rings. The second-order valence-corrected chi connectivity index (χ2v) is 10.00. The fraction of sp³-hybridized carbons (Fsp3) is 0.348. The predicted octanol–water partition coefficient (Wildman–Crippen LogP) is 2.79. The van der Waals surface area contributed by atoms with Crippen molar-refractivity contribution in [2.24, 2.45) is 5.73 Å². The number of nitrogens with zero attached hydrogens (tertiary/aromatic N) is 4. The average Bonchev–Trinajstić information content (AvgIpc) is 3.51. The molecule has 0 spiro atoms. The van der Waals surface area contributed by atoms with Crippen LogP contribution in [0, 0.1) is 0 Å². The number of imidazole rings is 1. The van der Waals surface area contributed by atoms with E-state index in [0.29, 0.717) is 55.3 Å². The molecular weight excluding hydrogens is 456 g/mol. The lowest BCUT2D eigenvalue weighted by molar-refractivity contribution is 0.239. The molecule has 1 unspecified atom stereocenters. The lowest BCUT2D eigenvalue weighted by Crippen LogP contribution is -2.39. The van der Waals surface area contributed by atoms with Crippen LogP contribution >= 0.6 is 0 Å². The number of hydrogen-bond acceptors (Lipinski definition) is 8. The van der Waals surface area contributed by atoms with Crippen LogP contribution in [0.3, 0.4) is 0 Å². The zero-order chi connectivity index (χ0) is 23.5. The average molecular weight is 483 g/mol. The third kappa shape index (κ3) is 4.54. The Morgan fingerprint density at radius 1 is 1.12 bits per heavy atom. The van der Waals surface area contributed by atoms with Crippen LogP contribution < -0.4 is 10.5 Å². The number of aromatic nitrogens is 4. The molecule has 0 bridgehead atoms. The van der Waals surface area contributed by atoms with Gasteiger partial charge in [0, 0.05) is 13.1 Å². The molecule has 1 fully saturated rings. The lowest BCUT2D eigenvalue weighted by Gasteiger charge is -2.31. The van der Waals surface area contributed by atoms with Gasteiger partial charge in [-0.2, -0.15) is 9.29 Å². The summed E-state index contributed by atoms with van der Waals surface area (Å²) in [7, 11) is -3.86. The number of benzene rings is 2. The van der Waals surface area contributed by atoms with Crippen molar-refractivity contribution in [2.45, 2.75) is 36.9 Å². The second-order valence-electron chi connectivity index (χ2n) is 8.19. The molecule has 2 aromatic carbocycles. The molecule has 1 aliphatic heterocycles. The van der Waals surface area contributed by atoms with Crippen molar-refractivity contribution < 1.29 is 17.7 Å². The molecule has 0 aliphatic carbocycles. The Hall–Kier alpha value is -3.28. The van der Waals surface area contributed by atoms with Crippen molar-refractivity contribution in [2.75, 3.05) is 19.7 Å². The Morgan fingerprint density at radius 2 is 1.94 bits per heavy atom. The van der Waals surface area contributed by atoms with Crippen molar-refractivity contribution in [1.29, 1.82) is 0 Å². The number of ether oxygens (including phenoxy) is 1. The van der Waals surface area contributed by atoms with Crippen LogP contribution in [0.25, 0.3) is 11.0 Å². The molecule has 5 rings (SSSR count). The lowest BCUT2D eigenvalue weighted by atomic mass is 10.0. The number of H-pyrrole nitrogens is 1. The van der Waals surface area contributed by atoms with Crippen LogP contribution in [0.1, 0.15) is 42.6 Å². The fourth-order valence-corrected chi connectivity index (χ4v) is 5.72. The Labute approximate surface area is 197 Å².